The predicted octanol–water partition coefficient (Wildman–Crippen LogP) is -4.74. The Hall–Kier alpha value is -0.0200. The molecule has 1 aliphatic rings. The lowest BCUT2D eigenvalue weighted by Crippen LogP contribution is -2.44. The molecule has 22 heavy (non-hydrogen) atoms. The van der Waals surface area contributed by atoms with Gasteiger partial charge >= 0.3 is 0 Å². The highest BCUT2D eigenvalue weighted by Crippen LogP contribution is 2.31. The Labute approximate surface area is 130 Å². The molecule has 0 spiro atoms. The third-order valence-corrected chi connectivity index (χ3v) is 7.08. The summed E-state index contributed by atoms with van der Waals surface area (Å²) in [4.78, 5) is 0. The van der Waals surface area contributed by atoms with Crippen molar-refractivity contribution in [2.75, 3.05) is 25.6 Å². The van der Waals surface area contributed by atoms with E-state index in [0.29, 0.717) is 0 Å². The van der Waals surface area contributed by atoms with Crippen LogP contribution in [0.5, 0.6) is 0 Å². The molecule has 0 aromatic carbocycles. The van der Waals surface area contributed by atoms with Crippen molar-refractivity contribution in [1.29, 1.82) is 0 Å². The minimum absolute atomic E-state index is 0.272. The summed E-state index contributed by atoms with van der Waals surface area (Å²) in [6, 6.07) is 0. The third kappa shape index (κ3) is 4.74. The minimum Gasteiger partial charge on any atom is -0.726 e. The normalized spacial score (nSPS) is 35.5. The van der Waals surface area contributed by atoms with Crippen molar-refractivity contribution in [3.63, 3.8) is 0 Å². The quantitative estimate of drug-likeness (QED) is 0.139. The van der Waals surface area contributed by atoms with E-state index in [9.17, 15) is 38.5 Å². The van der Waals surface area contributed by atoms with Crippen LogP contribution in [0.4, 0.5) is 0 Å². The number of rotatable bonds is 8. The molecule has 0 amide bonds. The van der Waals surface area contributed by atoms with Gasteiger partial charge in [-0.15, -0.1) is 0 Å². The van der Waals surface area contributed by atoms with Crippen LogP contribution in [-0.2, 0) is 25.5 Å². The van der Waals surface area contributed by atoms with Crippen molar-refractivity contribution >= 4 is 21.3 Å². The number of hydrogen-bond donors (Lipinski definition) is 6. The van der Waals surface area contributed by atoms with Crippen molar-refractivity contribution in [1.82, 2.24) is 0 Å². The summed E-state index contributed by atoms with van der Waals surface area (Å²) in [5, 5.41) is 55.4. The van der Waals surface area contributed by atoms with Crippen molar-refractivity contribution in [3.05, 3.63) is 0 Å². The smallest absolute Gasteiger partial charge is 0.218 e. The summed E-state index contributed by atoms with van der Waals surface area (Å²) < 4.78 is 35.6. The van der Waals surface area contributed by atoms with Gasteiger partial charge in [0.05, 0.1) is 19.8 Å². The number of hydrogen-bond acceptors (Lipinski definition) is 10. The number of aliphatic hydroxyl groups excluding tert-OH is 6. The Bertz CT molecular complexity index is 427. The summed E-state index contributed by atoms with van der Waals surface area (Å²) in [6.45, 7) is -1.98. The molecule has 1 aliphatic heterocycles. The Balaban J connectivity index is 2.84. The van der Waals surface area contributed by atoms with E-state index in [0.717, 1.165) is 0 Å². The lowest BCUT2D eigenvalue weighted by atomic mass is 10.1. The molecule has 0 aromatic rings. The van der Waals surface area contributed by atoms with Crippen LogP contribution in [0.25, 0.3) is 0 Å². The van der Waals surface area contributed by atoms with Crippen molar-refractivity contribution in [2.24, 2.45) is 0 Å². The maximum Gasteiger partial charge on any atom is 0.218 e. The van der Waals surface area contributed by atoms with Crippen LogP contribution in [0.1, 0.15) is 0 Å². The molecule has 0 saturated carbocycles. The second kappa shape index (κ2) is 8.19. The lowest BCUT2D eigenvalue weighted by molar-refractivity contribution is 0.0105. The second-order valence-electron chi connectivity index (χ2n) is 4.85. The van der Waals surface area contributed by atoms with Crippen LogP contribution in [0.2, 0.25) is 0 Å². The summed E-state index contributed by atoms with van der Waals surface area (Å²) in [5.41, 5.74) is 0. The molecular formula is C10H20O10S2. The molecule has 132 valence electrons. The molecule has 0 unspecified atom stereocenters. The molecule has 0 aliphatic carbocycles. The van der Waals surface area contributed by atoms with Crippen LogP contribution in [0.15, 0.2) is 0 Å². The van der Waals surface area contributed by atoms with E-state index in [2.05, 4.69) is 4.18 Å². The summed E-state index contributed by atoms with van der Waals surface area (Å²) in [7, 11) is -6.22. The molecule has 0 aromatic heterocycles. The molecule has 6 N–H and O–H groups in total. The Morgan fingerprint density at radius 2 is 1.55 bits per heavy atom. The average molecular weight is 364 g/mol. The predicted molar refractivity (Wildman–Crippen MR) is 73.7 cm³/mol. The van der Waals surface area contributed by atoms with Gasteiger partial charge in [-0.2, -0.15) is 0 Å². The summed E-state index contributed by atoms with van der Waals surface area (Å²) in [5.74, 6) is -0.272. The first-order chi connectivity index (χ1) is 10.2. The van der Waals surface area contributed by atoms with E-state index >= 15 is 0 Å². The maximum absolute atomic E-state index is 10.5. The van der Waals surface area contributed by atoms with Crippen LogP contribution in [-0.4, -0.2) is 104 Å². The molecule has 10 nitrogen and oxygen atoms in total. The fourth-order valence-electron chi connectivity index (χ4n) is 2.35. The summed E-state index contributed by atoms with van der Waals surface area (Å²) in [6.07, 6.45) is -5.93. The average Bonchev–Trinajstić information content (AvgIpc) is 2.66. The van der Waals surface area contributed by atoms with E-state index in [4.69, 9.17) is 5.11 Å². The molecular weight excluding hydrogens is 344 g/mol. The molecule has 0 bridgehead atoms. The molecule has 0 radical (unpaired) electrons. The van der Waals surface area contributed by atoms with Gasteiger partial charge in [-0.25, -0.2) is 8.42 Å². The first-order valence-electron chi connectivity index (χ1n) is 6.35. The van der Waals surface area contributed by atoms with Crippen LogP contribution in [0, 0.1) is 0 Å². The highest BCUT2D eigenvalue weighted by molar-refractivity contribution is 7.98. The topological polar surface area (TPSA) is 188 Å². The highest BCUT2D eigenvalue weighted by Gasteiger charge is 2.57. The van der Waals surface area contributed by atoms with E-state index in [1.807, 2.05) is 0 Å². The molecule has 6 atom stereocenters. The van der Waals surface area contributed by atoms with Crippen molar-refractivity contribution in [2.45, 2.75) is 34.9 Å². The largest absolute Gasteiger partial charge is 0.726 e. The van der Waals surface area contributed by atoms with Gasteiger partial charge in [0.2, 0.25) is 10.4 Å². The van der Waals surface area contributed by atoms with Gasteiger partial charge in [0.1, 0.15) is 30.2 Å². The fraction of sp³-hybridized carbons (Fsp3) is 1.00. The van der Waals surface area contributed by atoms with Gasteiger partial charge in [-0.3, -0.25) is 4.18 Å². The SMILES string of the molecule is O=S(=O)([O-])O[C@@H](CO)[C@H](O)C[S+]1[C@@H](CO)[C@@H](O)[C@H](O)[C@@H]1CO. The summed E-state index contributed by atoms with van der Waals surface area (Å²) >= 11 is 0. The van der Waals surface area contributed by atoms with Gasteiger partial charge in [0.25, 0.3) is 0 Å². The Kier molecular flexibility index (Phi) is 7.45. The Morgan fingerprint density at radius 3 is 1.86 bits per heavy atom. The van der Waals surface area contributed by atoms with Crippen molar-refractivity contribution in [3.8, 4) is 0 Å². The van der Waals surface area contributed by atoms with Crippen molar-refractivity contribution < 1.29 is 47.8 Å². The highest BCUT2D eigenvalue weighted by atomic mass is 32.3. The van der Waals surface area contributed by atoms with E-state index in [1.54, 1.807) is 0 Å². The second-order valence-corrected chi connectivity index (χ2v) is 8.34. The van der Waals surface area contributed by atoms with Crippen LogP contribution in [0.3, 0.4) is 0 Å². The van der Waals surface area contributed by atoms with E-state index in [-0.39, 0.29) is 5.75 Å². The van der Waals surface area contributed by atoms with Crippen LogP contribution >= 0.6 is 0 Å². The molecule has 12 heteroatoms. The zero-order chi connectivity index (χ0) is 17.1. The minimum atomic E-state index is -5.14. The van der Waals surface area contributed by atoms with Gasteiger partial charge in [0, 0.05) is 10.9 Å². The lowest BCUT2D eigenvalue weighted by Gasteiger charge is -2.24. The van der Waals surface area contributed by atoms with Gasteiger partial charge < -0.3 is 35.2 Å². The zero-order valence-electron chi connectivity index (χ0n) is 11.4. The van der Waals surface area contributed by atoms with E-state index < -0.39 is 76.0 Å². The first kappa shape index (κ1) is 20.0. The molecule has 1 heterocycles. The fourth-order valence-corrected chi connectivity index (χ4v) is 5.81. The maximum atomic E-state index is 10.5. The monoisotopic (exact) mass is 364 g/mol. The first-order valence-corrected chi connectivity index (χ1v) is 9.21. The van der Waals surface area contributed by atoms with E-state index in [1.165, 1.54) is 0 Å². The third-order valence-electron chi connectivity index (χ3n) is 3.46. The zero-order valence-corrected chi connectivity index (χ0v) is 13.1. The van der Waals surface area contributed by atoms with Gasteiger partial charge in [0.15, 0.2) is 10.5 Å². The van der Waals surface area contributed by atoms with Gasteiger partial charge in [-0.1, -0.05) is 0 Å². The molecule has 1 saturated heterocycles. The Morgan fingerprint density at radius 1 is 1.09 bits per heavy atom. The van der Waals surface area contributed by atoms with Crippen LogP contribution < -0.4 is 0 Å². The standard InChI is InChI=1S/C10H20O10S2/c11-1-6(20-22(17,18)19)5(14)4-21-7(2-12)9(15)10(16)8(21)3-13/h5-16H,1-4H2/t5-,6+,7+,8+,9-,10-/m1/s1. The van der Waals surface area contributed by atoms with Gasteiger partial charge in [-0.05, 0) is 0 Å². The molecule has 1 fully saturated rings. The number of aliphatic hydroxyl groups is 6. The molecule has 1 rings (SSSR count).